The molecule has 7 aromatic carbocycles. The van der Waals surface area contributed by atoms with Crippen molar-refractivity contribution >= 4 is 45.1 Å². The lowest BCUT2D eigenvalue weighted by Gasteiger charge is -2.40. The Hall–Kier alpha value is -5.51. The summed E-state index contributed by atoms with van der Waals surface area (Å²) in [5.41, 5.74) is 13.9. The Labute approximate surface area is 271 Å². The zero-order valence-corrected chi connectivity index (χ0v) is 25.6. The second-order valence-electron chi connectivity index (χ2n) is 12.1. The number of fused-ring (bicyclic) bond motifs is 12. The highest BCUT2D eigenvalue weighted by molar-refractivity contribution is 7.99. The van der Waals surface area contributed by atoms with Gasteiger partial charge in [0.15, 0.2) is 0 Å². The van der Waals surface area contributed by atoms with Gasteiger partial charge in [0, 0.05) is 20.9 Å². The fourth-order valence-electron chi connectivity index (χ4n) is 7.83. The van der Waals surface area contributed by atoms with E-state index >= 15 is 0 Å². The van der Waals surface area contributed by atoms with Gasteiger partial charge in [-0.3, -0.25) is 0 Å². The highest BCUT2D eigenvalue weighted by Crippen LogP contribution is 2.62. The predicted octanol–water partition coefficient (Wildman–Crippen LogP) is 11.8. The third-order valence-electron chi connectivity index (χ3n) is 9.73. The summed E-state index contributed by atoms with van der Waals surface area (Å²) in [6.07, 6.45) is 0. The minimum absolute atomic E-state index is 0.423. The van der Waals surface area contributed by atoms with Crippen molar-refractivity contribution in [2.45, 2.75) is 15.2 Å². The molecule has 0 amide bonds. The Kier molecular flexibility index (Phi) is 5.46. The van der Waals surface area contributed by atoms with Gasteiger partial charge in [0.25, 0.3) is 0 Å². The molecule has 0 bridgehead atoms. The average Bonchev–Trinajstić information content (AvgIpc) is 3.64. The molecule has 0 unspecified atom stereocenters. The fraction of sp³-hybridized carbons (Fsp3) is 0.0233. The van der Waals surface area contributed by atoms with E-state index in [0.29, 0.717) is 0 Å². The molecule has 2 nitrogen and oxygen atoms in total. The van der Waals surface area contributed by atoms with Gasteiger partial charge >= 0.3 is 0 Å². The van der Waals surface area contributed by atoms with E-state index in [9.17, 15) is 0 Å². The highest BCUT2D eigenvalue weighted by Gasteiger charge is 2.50. The van der Waals surface area contributed by atoms with Crippen molar-refractivity contribution in [1.82, 2.24) is 0 Å². The molecule has 46 heavy (non-hydrogen) atoms. The van der Waals surface area contributed by atoms with Crippen molar-refractivity contribution in [3.8, 4) is 22.3 Å². The molecule has 10 rings (SSSR count). The Balaban J connectivity index is 1.20. The first-order chi connectivity index (χ1) is 22.8. The lowest BCUT2D eigenvalue weighted by atomic mass is 9.67. The molecule has 216 valence electrons. The lowest BCUT2D eigenvalue weighted by Crippen LogP contribution is -2.32. The number of hydrogen-bond acceptors (Lipinski definition) is 3. The largest absolute Gasteiger partial charge is 0.456 e. The van der Waals surface area contributed by atoms with Crippen molar-refractivity contribution in [2.24, 2.45) is 0 Å². The number of para-hydroxylation sites is 1. The molecule has 1 aliphatic heterocycles. The first-order valence-electron chi connectivity index (χ1n) is 15.7. The molecule has 1 spiro atoms. The third-order valence-corrected chi connectivity index (χ3v) is 10.9. The summed E-state index contributed by atoms with van der Waals surface area (Å²) < 4.78 is 6.19. The van der Waals surface area contributed by atoms with Crippen LogP contribution >= 0.6 is 11.8 Å². The molecule has 8 aromatic rings. The average molecular weight is 606 g/mol. The summed E-state index contributed by atoms with van der Waals surface area (Å²) in [5, 5.41) is 6.00. The van der Waals surface area contributed by atoms with Crippen LogP contribution in [0.4, 0.5) is 11.4 Å². The van der Waals surface area contributed by atoms with Crippen LogP contribution in [-0.2, 0) is 5.41 Å². The number of rotatable bonds is 3. The van der Waals surface area contributed by atoms with Gasteiger partial charge in [0.1, 0.15) is 11.2 Å². The van der Waals surface area contributed by atoms with E-state index in [2.05, 4.69) is 145 Å². The fourth-order valence-corrected chi connectivity index (χ4v) is 9.04. The van der Waals surface area contributed by atoms with Crippen LogP contribution in [0.1, 0.15) is 22.3 Å². The van der Waals surface area contributed by atoms with Crippen LogP contribution < -0.4 is 5.32 Å². The first-order valence-corrected chi connectivity index (χ1v) is 16.5. The molecule has 0 fully saturated rings. The predicted molar refractivity (Wildman–Crippen MR) is 190 cm³/mol. The van der Waals surface area contributed by atoms with Crippen molar-refractivity contribution in [3.05, 3.63) is 180 Å². The molecule has 1 aromatic heterocycles. The summed E-state index contributed by atoms with van der Waals surface area (Å²) in [4.78, 5) is 2.56. The molecule has 1 N–H and O–H groups in total. The quantitative estimate of drug-likeness (QED) is 0.217. The van der Waals surface area contributed by atoms with E-state index in [4.69, 9.17) is 4.42 Å². The lowest BCUT2D eigenvalue weighted by molar-refractivity contribution is 0.669. The van der Waals surface area contributed by atoms with Crippen LogP contribution in [0.2, 0.25) is 0 Å². The maximum atomic E-state index is 6.19. The Bertz CT molecular complexity index is 2450. The van der Waals surface area contributed by atoms with Crippen LogP contribution in [0.3, 0.4) is 0 Å². The maximum absolute atomic E-state index is 6.19. The Morgan fingerprint density at radius 1 is 0.478 bits per heavy atom. The maximum Gasteiger partial charge on any atom is 0.137 e. The first kappa shape index (κ1) is 25.8. The minimum atomic E-state index is -0.423. The molecule has 0 radical (unpaired) electrons. The number of furan rings is 1. The number of nitrogens with one attached hydrogen (secondary N) is 1. The van der Waals surface area contributed by atoms with Crippen molar-refractivity contribution in [2.75, 3.05) is 5.32 Å². The second kappa shape index (κ2) is 9.74. The van der Waals surface area contributed by atoms with Crippen LogP contribution in [0, 0.1) is 0 Å². The topological polar surface area (TPSA) is 25.2 Å². The van der Waals surface area contributed by atoms with Gasteiger partial charge in [-0.1, -0.05) is 127 Å². The van der Waals surface area contributed by atoms with Gasteiger partial charge in [-0.05, 0) is 87.0 Å². The van der Waals surface area contributed by atoms with Gasteiger partial charge in [0.2, 0.25) is 0 Å². The van der Waals surface area contributed by atoms with E-state index in [1.165, 1.54) is 54.3 Å². The molecule has 0 saturated carbocycles. The Morgan fingerprint density at radius 3 is 2.02 bits per heavy atom. The van der Waals surface area contributed by atoms with Crippen LogP contribution in [0.25, 0.3) is 44.2 Å². The van der Waals surface area contributed by atoms with Crippen LogP contribution in [-0.4, -0.2) is 0 Å². The SMILES string of the molecule is c1ccc(-c2ccc3c(c2)C2(c4ccc(Nc5cccc6oc7ccccc7c56)cc4S3)c3ccccc3-c3ccccc32)cc1. The van der Waals surface area contributed by atoms with Gasteiger partial charge in [-0.25, -0.2) is 0 Å². The zero-order valence-electron chi connectivity index (χ0n) is 24.8. The summed E-state index contributed by atoms with van der Waals surface area (Å²) in [7, 11) is 0. The Morgan fingerprint density at radius 2 is 1.20 bits per heavy atom. The van der Waals surface area contributed by atoms with E-state index in [0.717, 1.165) is 33.3 Å². The van der Waals surface area contributed by atoms with E-state index in [1.807, 2.05) is 30.0 Å². The minimum Gasteiger partial charge on any atom is -0.456 e. The van der Waals surface area contributed by atoms with Crippen molar-refractivity contribution in [3.63, 3.8) is 0 Å². The monoisotopic (exact) mass is 605 g/mol. The summed E-state index contributed by atoms with van der Waals surface area (Å²) >= 11 is 1.87. The van der Waals surface area contributed by atoms with Gasteiger partial charge in [0.05, 0.1) is 16.5 Å². The van der Waals surface area contributed by atoms with Crippen LogP contribution in [0.15, 0.2) is 172 Å². The molecule has 0 saturated heterocycles. The van der Waals surface area contributed by atoms with E-state index in [1.54, 1.807) is 0 Å². The third kappa shape index (κ3) is 3.55. The molecule has 0 atom stereocenters. The molecule has 2 aliphatic rings. The normalized spacial score (nSPS) is 13.7. The highest BCUT2D eigenvalue weighted by atomic mass is 32.2. The number of anilines is 2. The summed E-state index contributed by atoms with van der Waals surface area (Å²) in [5.74, 6) is 0. The van der Waals surface area contributed by atoms with Gasteiger partial charge in [-0.15, -0.1) is 0 Å². The second-order valence-corrected chi connectivity index (χ2v) is 13.2. The zero-order chi connectivity index (χ0) is 30.2. The molecular weight excluding hydrogens is 579 g/mol. The van der Waals surface area contributed by atoms with Crippen molar-refractivity contribution in [1.29, 1.82) is 0 Å². The van der Waals surface area contributed by atoms with E-state index in [-0.39, 0.29) is 0 Å². The smallest absolute Gasteiger partial charge is 0.137 e. The molecule has 3 heteroatoms. The van der Waals surface area contributed by atoms with Gasteiger partial charge < -0.3 is 9.73 Å². The van der Waals surface area contributed by atoms with Gasteiger partial charge in [-0.2, -0.15) is 0 Å². The summed E-state index contributed by atoms with van der Waals surface area (Å²) in [6, 6.07) is 57.2. The number of hydrogen-bond donors (Lipinski definition) is 1. The van der Waals surface area contributed by atoms with Crippen LogP contribution in [0.5, 0.6) is 0 Å². The van der Waals surface area contributed by atoms with E-state index < -0.39 is 5.41 Å². The molecule has 2 heterocycles. The number of benzene rings is 7. The summed E-state index contributed by atoms with van der Waals surface area (Å²) in [6.45, 7) is 0. The molecule has 1 aliphatic carbocycles. The standard InChI is InChI=1S/C43H27NOS/c1-2-11-27(12-3-1)28-21-24-40-36(25-28)43(33-16-7-4-13-30(33)31-14-5-8-17-34(31)43)35-23-22-29(26-41(35)46-40)44-37-18-10-20-39-42(37)32-15-6-9-19-38(32)45-39/h1-26,44H. The molecular formula is C43H27NOS. The van der Waals surface area contributed by atoms with Crippen molar-refractivity contribution < 1.29 is 4.42 Å².